The summed E-state index contributed by atoms with van der Waals surface area (Å²) in [6.45, 7) is 0.627. The SMILES string of the molecule is COc1ccc([C@@H](C(=O)NC[C@@H]2CCCO2)N(C(=O)CNC(=O)c2cccs2)c2ccc(Cl)cc2)cc1OC. The highest BCUT2D eigenvalue weighted by Gasteiger charge is 2.34. The minimum Gasteiger partial charge on any atom is -0.493 e. The Hall–Kier alpha value is -3.60. The number of carbonyl (C=O) groups is 3. The molecule has 0 unspecified atom stereocenters. The third kappa shape index (κ3) is 7.08. The third-order valence-electron chi connectivity index (χ3n) is 6.28. The lowest BCUT2D eigenvalue weighted by Crippen LogP contribution is -2.48. The van der Waals surface area contributed by atoms with Crippen LogP contribution in [0.3, 0.4) is 0 Å². The van der Waals surface area contributed by atoms with E-state index in [4.69, 9.17) is 25.8 Å². The fourth-order valence-electron chi connectivity index (χ4n) is 4.33. The van der Waals surface area contributed by atoms with Crippen molar-refractivity contribution in [3.05, 3.63) is 75.4 Å². The molecule has 1 aromatic heterocycles. The van der Waals surface area contributed by atoms with E-state index in [1.165, 1.54) is 30.5 Å². The van der Waals surface area contributed by atoms with Crippen LogP contribution in [0.2, 0.25) is 5.02 Å². The van der Waals surface area contributed by atoms with Crippen LogP contribution in [0.1, 0.15) is 34.1 Å². The second-order valence-electron chi connectivity index (χ2n) is 8.80. The molecule has 3 aromatic rings. The van der Waals surface area contributed by atoms with Crippen LogP contribution in [-0.2, 0) is 14.3 Å². The molecule has 2 aromatic carbocycles. The Morgan fingerprint density at radius 2 is 1.85 bits per heavy atom. The summed E-state index contributed by atoms with van der Waals surface area (Å²) in [5, 5.41) is 7.87. The van der Waals surface area contributed by atoms with E-state index in [9.17, 15) is 14.4 Å². The van der Waals surface area contributed by atoms with Crippen LogP contribution in [0.15, 0.2) is 60.0 Å². The van der Waals surface area contributed by atoms with Crippen molar-refractivity contribution in [1.82, 2.24) is 10.6 Å². The molecule has 1 aliphatic heterocycles. The van der Waals surface area contributed by atoms with Crippen LogP contribution >= 0.6 is 22.9 Å². The lowest BCUT2D eigenvalue weighted by molar-refractivity contribution is -0.126. The number of halogens is 1. The Labute approximate surface area is 236 Å². The van der Waals surface area contributed by atoms with Gasteiger partial charge in [-0.25, -0.2) is 0 Å². The first-order valence-corrected chi connectivity index (χ1v) is 13.7. The Morgan fingerprint density at radius 1 is 1.08 bits per heavy atom. The van der Waals surface area contributed by atoms with Gasteiger partial charge in [0, 0.05) is 23.9 Å². The Balaban J connectivity index is 1.70. The van der Waals surface area contributed by atoms with Crippen LogP contribution in [0.5, 0.6) is 11.5 Å². The molecule has 39 heavy (non-hydrogen) atoms. The van der Waals surface area contributed by atoms with Gasteiger partial charge in [0.2, 0.25) is 11.8 Å². The topological polar surface area (TPSA) is 106 Å². The summed E-state index contributed by atoms with van der Waals surface area (Å²) in [6, 6.07) is 14.0. The predicted molar refractivity (Wildman–Crippen MR) is 150 cm³/mol. The predicted octanol–water partition coefficient (Wildman–Crippen LogP) is 4.22. The van der Waals surface area contributed by atoms with Gasteiger partial charge in [-0.3, -0.25) is 19.3 Å². The lowest BCUT2D eigenvalue weighted by atomic mass is 10.0. The highest BCUT2D eigenvalue weighted by molar-refractivity contribution is 7.12. The minimum atomic E-state index is -1.10. The Morgan fingerprint density at radius 3 is 2.49 bits per heavy atom. The second kappa shape index (κ2) is 13.5. The molecule has 4 rings (SSSR count). The zero-order chi connectivity index (χ0) is 27.8. The summed E-state index contributed by atoms with van der Waals surface area (Å²) < 4.78 is 16.5. The molecule has 2 heterocycles. The average Bonchev–Trinajstić information content (AvgIpc) is 3.68. The van der Waals surface area contributed by atoms with Crippen molar-refractivity contribution in [2.24, 2.45) is 0 Å². The first-order chi connectivity index (χ1) is 18.9. The van der Waals surface area contributed by atoms with Crippen LogP contribution in [0.25, 0.3) is 0 Å². The van der Waals surface area contributed by atoms with Crippen molar-refractivity contribution in [3.63, 3.8) is 0 Å². The number of hydrogen-bond acceptors (Lipinski definition) is 7. The number of rotatable bonds is 11. The van der Waals surface area contributed by atoms with Crippen molar-refractivity contribution in [2.45, 2.75) is 25.0 Å². The van der Waals surface area contributed by atoms with E-state index in [1.54, 1.807) is 60.0 Å². The summed E-state index contributed by atoms with van der Waals surface area (Å²) in [7, 11) is 3.01. The normalized spacial score (nSPS) is 15.3. The molecular weight excluding hydrogens is 542 g/mol. The van der Waals surface area contributed by atoms with Crippen molar-refractivity contribution < 1.29 is 28.6 Å². The summed E-state index contributed by atoms with van der Waals surface area (Å²) >= 11 is 7.40. The quantitative estimate of drug-likeness (QED) is 0.357. The highest BCUT2D eigenvalue weighted by Crippen LogP contribution is 2.35. The zero-order valence-electron chi connectivity index (χ0n) is 21.6. The van der Waals surface area contributed by atoms with E-state index < -0.39 is 17.9 Å². The number of nitrogens with zero attached hydrogens (tertiary/aromatic N) is 1. The van der Waals surface area contributed by atoms with Gasteiger partial charge in [-0.1, -0.05) is 23.7 Å². The second-order valence-corrected chi connectivity index (χ2v) is 10.2. The standard InChI is InChI=1S/C28H30ClN3O6S/c1-36-22-12-7-18(15-23(22)37-2)26(28(35)30-16-21-5-3-13-38-21)32(20-10-8-19(29)9-11-20)25(33)17-31-27(34)24-6-4-14-39-24/h4,6-12,14-15,21,26H,3,5,13,16-17H2,1-2H3,(H,30,35)(H,31,34)/t21-,26-/m0/s1. The number of carbonyl (C=O) groups excluding carboxylic acids is 3. The number of thiophene rings is 1. The number of nitrogens with one attached hydrogen (secondary N) is 2. The van der Waals surface area contributed by atoms with Gasteiger partial charge in [-0.2, -0.15) is 0 Å². The van der Waals surface area contributed by atoms with Gasteiger partial charge in [0.05, 0.1) is 31.7 Å². The van der Waals surface area contributed by atoms with Crippen molar-refractivity contribution in [3.8, 4) is 11.5 Å². The summed E-state index contributed by atoms with van der Waals surface area (Å²) in [5.41, 5.74) is 0.923. The van der Waals surface area contributed by atoms with Crippen LogP contribution in [0, 0.1) is 0 Å². The van der Waals surface area contributed by atoms with Gasteiger partial charge < -0.3 is 24.8 Å². The monoisotopic (exact) mass is 571 g/mol. The molecule has 1 fully saturated rings. The van der Waals surface area contributed by atoms with E-state index in [0.717, 1.165) is 12.8 Å². The Bertz CT molecular complexity index is 1280. The van der Waals surface area contributed by atoms with E-state index in [0.29, 0.717) is 45.8 Å². The molecule has 11 heteroatoms. The average molecular weight is 572 g/mol. The summed E-state index contributed by atoms with van der Waals surface area (Å²) in [4.78, 5) is 42.0. The number of hydrogen-bond donors (Lipinski definition) is 2. The van der Waals surface area contributed by atoms with Crippen molar-refractivity contribution >= 4 is 46.3 Å². The van der Waals surface area contributed by atoms with Gasteiger partial charge in [0.15, 0.2) is 11.5 Å². The lowest BCUT2D eigenvalue weighted by Gasteiger charge is -2.32. The largest absolute Gasteiger partial charge is 0.493 e. The van der Waals surface area contributed by atoms with Crippen LogP contribution in [-0.4, -0.2) is 57.7 Å². The van der Waals surface area contributed by atoms with Gasteiger partial charge in [0.1, 0.15) is 6.04 Å². The fraction of sp³-hybridized carbons (Fsp3) is 0.321. The van der Waals surface area contributed by atoms with Crippen molar-refractivity contribution in [2.75, 3.05) is 38.8 Å². The first-order valence-electron chi connectivity index (χ1n) is 12.4. The molecule has 2 atom stereocenters. The molecule has 206 valence electrons. The van der Waals surface area contributed by atoms with Gasteiger partial charge in [-0.15, -0.1) is 11.3 Å². The highest BCUT2D eigenvalue weighted by atomic mass is 35.5. The smallest absolute Gasteiger partial charge is 0.261 e. The van der Waals surface area contributed by atoms with E-state index in [2.05, 4.69) is 10.6 Å². The molecule has 0 aliphatic carbocycles. The summed E-state index contributed by atoms with van der Waals surface area (Å²) in [5.74, 6) is -0.395. The van der Waals surface area contributed by atoms with E-state index in [1.807, 2.05) is 0 Å². The maximum atomic E-state index is 13.8. The maximum absolute atomic E-state index is 13.8. The van der Waals surface area contributed by atoms with E-state index >= 15 is 0 Å². The zero-order valence-corrected chi connectivity index (χ0v) is 23.2. The molecule has 3 amide bonds. The van der Waals surface area contributed by atoms with Crippen LogP contribution < -0.4 is 25.0 Å². The number of ether oxygens (including phenoxy) is 3. The van der Waals surface area contributed by atoms with Gasteiger partial charge >= 0.3 is 0 Å². The van der Waals surface area contributed by atoms with Gasteiger partial charge in [-0.05, 0) is 66.2 Å². The van der Waals surface area contributed by atoms with Gasteiger partial charge in [0.25, 0.3) is 5.91 Å². The molecular formula is C28H30ClN3O6S. The minimum absolute atomic E-state index is 0.0928. The van der Waals surface area contributed by atoms with Crippen molar-refractivity contribution in [1.29, 1.82) is 0 Å². The molecule has 0 bridgehead atoms. The number of methoxy groups -OCH3 is 2. The fourth-order valence-corrected chi connectivity index (χ4v) is 5.10. The molecule has 0 spiro atoms. The molecule has 0 radical (unpaired) electrons. The number of amides is 3. The molecule has 0 saturated carbocycles. The van der Waals surface area contributed by atoms with E-state index in [-0.39, 0.29) is 18.6 Å². The number of anilines is 1. The molecule has 1 saturated heterocycles. The molecule has 1 aliphatic rings. The first kappa shape index (κ1) is 28.4. The molecule has 2 N–H and O–H groups in total. The maximum Gasteiger partial charge on any atom is 0.261 e. The molecule has 9 nitrogen and oxygen atoms in total. The number of benzene rings is 2. The summed E-state index contributed by atoms with van der Waals surface area (Å²) in [6.07, 6.45) is 1.68. The van der Waals surface area contributed by atoms with Crippen LogP contribution in [0.4, 0.5) is 5.69 Å². The Kier molecular flexibility index (Phi) is 9.80. The third-order valence-corrected chi connectivity index (χ3v) is 7.40.